The van der Waals surface area contributed by atoms with Gasteiger partial charge in [0.1, 0.15) is 6.54 Å². The van der Waals surface area contributed by atoms with Gasteiger partial charge in [-0.2, -0.15) is 5.10 Å². The summed E-state index contributed by atoms with van der Waals surface area (Å²) >= 11 is 0. The Bertz CT molecular complexity index is 793. The number of amides is 2. The first kappa shape index (κ1) is 18.2. The summed E-state index contributed by atoms with van der Waals surface area (Å²) in [7, 11) is 0. The van der Waals surface area contributed by atoms with Crippen LogP contribution in [-0.2, 0) is 4.79 Å². The van der Waals surface area contributed by atoms with E-state index in [1.54, 1.807) is 16.8 Å². The van der Waals surface area contributed by atoms with E-state index in [-0.39, 0.29) is 11.9 Å². The molecule has 0 unspecified atom stereocenters. The van der Waals surface area contributed by atoms with Crippen molar-refractivity contribution in [2.45, 2.75) is 26.8 Å². The highest BCUT2D eigenvalue weighted by Gasteiger charge is 2.16. The summed E-state index contributed by atoms with van der Waals surface area (Å²) < 4.78 is 1.77. The van der Waals surface area contributed by atoms with E-state index in [0.717, 1.165) is 5.69 Å². The van der Waals surface area contributed by atoms with Crippen molar-refractivity contribution in [3.63, 3.8) is 0 Å². The summed E-state index contributed by atoms with van der Waals surface area (Å²) in [5, 5.41) is 17.8. The van der Waals surface area contributed by atoms with Crippen molar-refractivity contribution < 1.29 is 19.5 Å². The molecular formula is C17H20N4O4. The van der Waals surface area contributed by atoms with E-state index in [1.807, 2.05) is 20.8 Å². The molecule has 1 aromatic carbocycles. The molecule has 8 nitrogen and oxygen atoms in total. The molecule has 3 N–H and O–H groups in total. The van der Waals surface area contributed by atoms with Crippen LogP contribution in [0.5, 0.6) is 0 Å². The smallest absolute Gasteiger partial charge is 0.322 e. The third-order valence-corrected chi connectivity index (χ3v) is 3.58. The van der Waals surface area contributed by atoms with Crippen LogP contribution in [0.2, 0.25) is 0 Å². The van der Waals surface area contributed by atoms with Crippen LogP contribution in [-0.4, -0.2) is 39.2 Å². The van der Waals surface area contributed by atoms with Gasteiger partial charge < -0.3 is 15.7 Å². The fraction of sp³-hybridized carbons (Fsp3) is 0.294. The van der Waals surface area contributed by atoms with Crippen molar-refractivity contribution >= 4 is 23.5 Å². The zero-order valence-corrected chi connectivity index (χ0v) is 14.2. The molecule has 2 rings (SSSR count). The first-order valence-corrected chi connectivity index (χ1v) is 7.75. The van der Waals surface area contributed by atoms with Gasteiger partial charge in [-0.05, 0) is 45.0 Å². The lowest BCUT2D eigenvalue weighted by molar-refractivity contribution is -0.135. The summed E-state index contributed by atoms with van der Waals surface area (Å²) in [6, 6.07) is 6.34. The largest absolute Gasteiger partial charge is 0.480 e. The standard InChI is InChI=1S/C17H20N4O4/c1-10(2)21-11(3)14(8-19-21)17(25)20-13-6-4-12(5-7-13)16(24)18-9-15(22)23/h4-8,10H,9H2,1-3H3,(H,18,24)(H,20,25)(H,22,23). The summed E-state index contributed by atoms with van der Waals surface area (Å²) in [5.74, 6) is -1.89. The number of hydrogen-bond donors (Lipinski definition) is 3. The Morgan fingerprint density at radius 3 is 2.32 bits per heavy atom. The summed E-state index contributed by atoms with van der Waals surface area (Å²) in [6.45, 7) is 5.35. The van der Waals surface area contributed by atoms with Gasteiger partial charge in [0.25, 0.3) is 11.8 Å². The monoisotopic (exact) mass is 344 g/mol. The summed E-state index contributed by atoms with van der Waals surface area (Å²) in [4.78, 5) is 34.5. The number of hydrogen-bond acceptors (Lipinski definition) is 4. The van der Waals surface area contributed by atoms with Crippen molar-refractivity contribution in [3.8, 4) is 0 Å². The third kappa shape index (κ3) is 4.43. The predicted octanol–water partition coefficient (Wildman–Crippen LogP) is 1.84. The lowest BCUT2D eigenvalue weighted by Crippen LogP contribution is -2.29. The molecule has 2 amide bonds. The zero-order chi connectivity index (χ0) is 18.6. The number of carbonyl (C=O) groups is 3. The number of aromatic nitrogens is 2. The van der Waals surface area contributed by atoms with Crippen LogP contribution in [0.1, 0.15) is 46.3 Å². The molecule has 0 radical (unpaired) electrons. The zero-order valence-electron chi connectivity index (χ0n) is 14.2. The normalized spacial score (nSPS) is 10.6. The second kappa shape index (κ2) is 7.61. The number of anilines is 1. The van der Waals surface area contributed by atoms with Crippen molar-refractivity contribution in [2.75, 3.05) is 11.9 Å². The fourth-order valence-corrected chi connectivity index (χ4v) is 2.33. The maximum absolute atomic E-state index is 12.4. The third-order valence-electron chi connectivity index (χ3n) is 3.58. The van der Waals surface area contributed by atoms with Crippen LogP contribution in [0.3, 0.4) is 0 Å². The highest BCUT2D eigenvalue weighted by Crippen LogP contribution is 2.16. The molecule has 0 atom stereocenters. The van der Waals surface area contributed by atoms with Gasteiger partial charge in [0.15, 0.2) is 0 Å². The van der Waals surface area contributed by atoms with E-state index < -0.39 is 18.4 Å². The molecule has 0 saturated heterocycles. The molecule has 8 heteroatoms. The van der Waals surface area contributed by atoms with Crippen LogP contribution in [0.4, 0.5) is 5.69 Å². The average molecular weight is 344 g/mol. The van der Waals surface area contributed by atoms with Crippen molar-refractivity contribution in [3.05, 3.63) is 47.3 Å². The Kier molecular flexibility index (Phi) is 5.53. The van der Waals surface area contributed by atoms with Gasteiger partial charge in [-0.25, -0.2) is 0 Å². The molecule has 0 aliphatic carbocycles. The Hall–Kier alpha value is -3.16. The van der Waals surface area contributed by atoms with Crippen LogP contribution in [0.25, 0.3) is 0 Å². The second-order valence-corrected chi connectivity index (χ2v) is 5.79. The lowest BCUT2D eigenvalue weighted by atomic mass is 10.2. The summed E-state index contributed by atoms with van der Waals surface area (Å²) in [5.41, 5.74) is 2.09. The number of carboxylic acids is 1. The number of nitrogens with zero attached hydrogens (tertiary/aromatic N) is 2. The number of rotatable bonds is 6. The number of benzene rings is 1. The average Bonchev–Trinajstić information content (AvgIpc) is 2.95. The van der Waals surface area contributed by atoms with Crippen LogP contribution < -0.4 is 10.6 Å². The Balaban J connectivity index is 2.05. The molecule has 0 saturated carbocycles. The van der Waals surface area contributed by atoms with E-state index in [9.17, 15) is 14.4 Å². The molecule has 0 spiro atoms. The second-order valence-electron chi connectivity index (χ2n) is 5.79. The van der Waals surface area contributed by atoms with Crippen molar-refractivity contribution in [1.82, 2.24) is 15.1 Å². The molecule has 132 valence electrons. The molecule has 1 heterocycles. The van der Waals surface area contributed by atoms with E-state index in [2.05, 4.69) is 15.7 Å². The van der Waals surface area contributed by atoms with Crippen molar-refractivity contribution in [2.24, 2.45) is 0 Å². The SMILES string of the molecule is Cc1c(C(=O)Nc2ccc(C(=O)NCC(=O)O)cc2)cnn1C(C)C. The van der Waals surface area contributed by atoms with E-state index in [4.69, 9.17) is 5.11 Å². The minimum atomic E-state index is -1.12. The molecular weight excluding hydrogens is 324 g/mol. The number of aliphatic carboxylic acids is 1. The van der Waals surface area contributed by atoms with Gasteiger partial charge in [0, 0.05) is 23.0 Å². The quantitative estimate of drug-likeness (QED) is 0.740. The van der Waals surface area contributed by atoms with Gasteiger partial charge in [-0.15, -0.1) is 0 Å². The lowest BCUT2D eigenvalue weighted by Gasteiger charge is -2.09. The maximum atomic E-state index is 12.4. The van der Waals surface area contributed by atoms with Crippen molar-refractivity contribution in [1.29, 1.82) is 0 Å². The van der Waals surface area contributed by atoms with Crippen LogP contribution >= 0.6 is 0 Å². The van der Waals surface area contributed by atoms with E-state index in [1.165, 1.54) is 18.3 Å². The summed E-state index contributed by atoms with van der Waals surface area (Å²) in [6.07, 6.45) is 1.53. The van der Waals surface area contributed by atoms with Gasteiger partial charge in [0.2, 0.25) is 0 Å². The number of nitrogens with one attached hydrogen (secondary N) is 2. The Morgan fingerprint density at radius 1 is 1.16 bits per heavy atom. The molecule has 25 heavy (non-hydrogen) atoms. The maximum Gasteiger partial charge on any atom is 0.322 e. The van der Waals surface area contributed by atoms with Gasteiger partial charge in [0.05, 0.1) is 11.8 Å². The van der Waals surface area contributed by atoms with E-state index >= 15 is 0 Å². The minimum Gasteiger partial charge on any atom is -0.480 e. The molecule has 2 aromatic rings. The van der Waals surface area contributed by atoms with Gasteiger partial charge in [-0.3, -0.25) is 19.1 Å². The molecule has 0 bridgehead atoms. The minimum absolute atomic E-state index is 0.158. The highest BCUT2D eigenvalue weighted by molar-refractivity contribution is 6.05. The molecule has 0 fully saturated rings. The van der Waals surface area contributed by atoms with Crippen LogP contribution in [0.15, 0.2) is 30.5 Å². The molecule has 0 aliphatic heterocycles. The highest BCUT2D eigenvalue weighted by atomic mass is 16.4. The van der Waals surface area contributed by atoms with Gasteiger partial charge >= 0.3 is 5.97 Å². The Labute approximate surface area is 144 Å². The Morgan fingerprint density at radius 2 is 1.80 bits per heavy atom. The number of carboxylic acid groups (broad SMARTS) is 1. The van der Waals surface area contributed by atoms with E-state index in [0.29, 0.717) is 16.8 Å². The van der Waals surface area contributed by atoms with Gasteiger partial charge in [-0.1, -0.05) is 0 Å². The van der Waals surface area contributed by atoms with Crippen LogP contribution in [0, 0.1) is 6.92 Å². The topological polar surface area (TPSA) is 113 Å². The number of carbonyl (C=O) groups excluding carboxylic acids is 2. The molecule has 0 aliphatic rings. The molecule has 1 aromatic heterocycles. The predicted molar refractivity (Wildman–Crippen MR) is 91.7 cm³/mol. The first-order chi connectivity index (χ1) is 11.8. The fourth-order valence-electron chi connectivity index (χ4n) is 2.33. The first-order valence-electron chi connectivity index (χ1n) is 7.75.